The Morgan fingerprint density at radius 1 is 1.10 bits per heavy atom. The first-order valence-electron chi connectivity index (χ1n) is 9.43. The number of methoxy groups -OCH3 is 1. The molecule has 7 nitrogen and oxygen atoms in total. The van der Waals surface area contributed by atoms with Crippen molar-refractivity contribution >= 4 is 40.8 Å². The molecular weight excluding hydrogens is 408 g/mol. The summed E-state index contributed by atoms with van der Waals surface area (Å²) in [7, 11) is 1.50. The van der Waals surface area contributed by atoms with Crippen LogP contribution in [0.25, 0.3) is 0 Å². The van der Waals surface area contributed by atoms with Gasteiger partial charge in [0.05, 0.1) is 30.7 Å². The molecule has 8 heteroatoms. The summed E-state index contributed by atoms with van der Waals surface area (Å²) in [4.78, 5) is 38.8. The van der Waals surface area contributed by atoms with Crippen LogP contribution < -0.4 is 15.0 Å². The van der Waals surface area contributed by atoms with E-state index in [1.807, 2.05) is 6.92 Å². The molecular formula is C22H21ClN2O5. The normalized spacial score (nSPS) is 13.6. The molecule has 0 aliphatic carbocycles. The van der Waals surface area contributed by atoms with Crippen molar-refractivity contribution in [1.29, 1.82) is 0 Å². The minimum atomic E-state index is -0.685. The molecule has 0 aromatic heterocycles. The maximum atomic E-state index is 13.0. The Balaban J connectivity index is 1.84. The van der Waals surface area contributed by atoms with E-state index in [4.69, 9.17) is 21.1 Å². The Kier molecular flexibility index (Phi) is 6.74. The lowest BCUT2D eigenvalue weighted by Crippen LogP contribution is -2.32. The molecule has 0 fully saturated rings. The van der Waals surface area contributed by atoms with Crippen molar-refractivity contribution in [2.75, 3.05) is 23.9 Å². The zero-order valence-corrected chi connectivity index (χ0v) is 17.4. The fraction of sp³-hybridized carbons (Fsp3) is 0.227. The third-order valence-corrected chi connectivity index (χ3v) is 4.82. The lowest BCUT2D eigenvalue weighted by Gasteiger charge is -2.16. The number of amides is 2. The van der Waals surface area contributed by atoms with Gasteiger partial charge in [0.1, 0.15) is 16.5 Å². The third kappa shape index (κ3) is 4.31. The molecule has 30 heavy (non-hydrogen) atoms. The minimum absolute atomic E-state index is 0.0675. The van der Waals surface area contributed by atoms with Crippen molar-refractivity contribution in [3.8, 4) is 5.75 Å². The number of halogens is 1. The molecule has 0 saturated carbocycles. The van der Waals surface area contributed by atoms with Crippen LogP contribution in [0.4, 0.5) is 11.4 Å². The molecule has 2 amide bonds. The fourth-order valence-corrected chi connectivity index (χ4v) is 3.11. The molecule has 1 aliphatic heterocycles. The summed E-state index contributed by atoms with van der Waals surface area (Å²) in [5.74, 6) is -1.34. The summed E-state index contributed by atoms with van der Waals surface area (Å²) >= 11 is 6.17. The van der Waals surface area contributed by atoms with E-state index >= 15 is 0 Å². The second kappa shape index (κ2) is 9.45. The van der Waals surface area contributed by atoms with E-state index in [9.17, 15) is 14.4 Å². The van der Waals surface area contributed by atoms with Crippen molar-refractivity contribution in [1.82, 2.24) is 0 Å². The van der Waals surface area contributed by atoms with Gasteiger partial charge in [-0.15, -0.1) is 0 Å². The second-order valence-electron chi connectivity index (χ2n) is 6.50. The SMILES string of the molecule is CCCCOC(=O)c1cccc(N2C(=O)C(Cl)=C(Nc3ccccc3OC)C2=O)c1. The van der Waals surface area contributed by atoms with Crippen LogP contribution in [0.15, 0.2) is 59.3 Å². The van der Waals surface area contributed by atoms with Gasteiger partial charge in [-0.2, -0.15) is 0 Å². The average molecular weight is 429 g/mol. The summed E-state index contributed by atoms with van der Waals surface area (Å²) < 4.78 is 10.5. The highest BCUT2D eigenvalue weighted by Crippen LogP contribution is 2.33. The Bertz CT molecular complexity index is 1020. The van der Waals surface area contributed by atoms with Gasteiger partial charge in [-0.3, -0.25) is 9.59 Å². The number of unbranched alkanes of at least 4 members (excludes halogenated alkanes) is 1. The van der Waals surface area contributed by atoms with Crippen LogP contribution in [0, 0.1) is 0 Å². The smallest absolute Gasteiger partial charge is 0.338 e. The van der Waals surface area contributed by atoms with Crippen LogP contribution in [-0.2, 0) is 14.3 Å². The van der Waals surface area contributed by atoms with Gasteiger partial charge in [-0.05, 0) is 36.8 Å². The van der Waals surface area contributed by atoms with Crippen molar-refractivity contribution in [2.24, 2.45) is 0 Å². The first kappa shape index (κ1) is 21.4. The Morgan fingerprint density at radius 2 is 1.87 bits per heavy atom. The van der Waals surface area contributed by atoms with E-state index in [1.165, 1.54) is 13.2 Å². The van der Waals surface area contributed by atoms with Gasteiger partial charge < -0.3 is 14.8 Å². The van der Waals surface area contributed by atoms with Crippen LogP contribution in [0.2, 0.25) is 0 Å². The van der Waals surface area contributed by atoms with Crippen molar-refractivity contribution in [3.05, 3.63) is 64.8 Å². The Labute approximate surface area is 179 Å². The van der Waals surface area contributed by atoms with Gasteiger partial charge >= 0.3 is 5.97 Å². The van der Waals surface area contributed by atoms with Crippen LogP contribution in [-0.4, -0.2) is 31.5 Å². The third-order valence-electron chi connectivity index (χ3n) is 4.47. The number of ether oxygens (including phenoxy) is 2. The van der Waals surface area contributed by atoms with Crippen molar-refractivity contribution in [2.45, 2.75) is 19.8 Å². The molecule has 1 aliphatic rings. The molecule has 156 valence electrons. The van der Waals surface area contributed by atoms with Crippen molar-refractivity contribution in [3.63, 3.8) is 0 Å². The molecule has 1 N–H and O–H groups in total. The molecule has 1 heterocycles. The summed E-state index contributed by atoms with van der Waals surface area (Å²) in [5, 5.41) is 2.63. The summed E-state index contributed by atoms with van der Waals surface area (Å²) in [6.45, 7) is 2.30. The number of benzene rings is 2. The maximum Gasteiger partial charge on any atom is 0.338 e. The van der Waals surface area contributed by atoms with E-state index in [2.05, 4.69) is 5.32 Å². The van der Waals surface area contributed by atoms with E-state index in [0.29, 0.717) is 18.0 Å². The monoisotopic (exact) mass is 428 g/mol. The Morgan fingerprint density at radius 3 is 2.60 bits per heavy atom. The molecule has 3 rings (SSSR count). The highest BCUT2D eigenvalue weighted by molar-refractivity contribution is 6.53. The zero-order chi connectivity index (χ0) is 21.7. The van der Waals surface area contributed by atoms with Gasteiger partial charge in [0.25, 0.3) is 11.8 Å². The predicted molar refractivity (Wildman–Crippen MR) is 114 cm³/mol. The molecule has 0 saturated heterocycles. The standard InChI is InChI=1S/C22H21ClN2O5/c1-3-4-12-30-22(28)14-8-7-9-15(13-14)25-20(26)18(23)19(21(25)27)24-16-10-5-6-11-17(16)29-2/h5-11,13,24H,3-4,12H2,1-2H3. The molecule has 0 atom stereocenters. The quantitative estimate of drug-likeness (QED) is 0.387. The van der Waals surface area contributed by atoms with Gasteiger partial charge in [-0.1, -0.05) is 43.1 Å². The van der Waals surface area contributed by atoms with Gasteiger partial charge in [0.15, 0.2) is 0 Å². The molecule has 0 bridgehead atoms. The van der Waals surface area contributed by atoms with Crippen LogP contribution in [0.1, 0.15) is 30.1 Å². The number of imide groups is 1. The lowest BCUT2D eigenvalue weighted by molar-refractivity contribution is -0.120. The summed E-state index contributed by atoms with van der Waals surface area (Å²) in [6, 6.07) is 13.1. The number of hydrogen-bond acceptors (Lipinski definition) is 6. The van der Waals surface area contributed by atoms with Gasteiger partial charge in [0.2, 0.25) is 0 Å². The lowest BCUT2D eigenvalue weighted by atomic mass is 10.2. The van der Waals surface area contributed by atoms with Crippen molar-refractivity contribution < 1.29 is 23.9 Å². The van der Waals surface area contributed by atoms with E-state index in [0.717, 1.165) is 17.7 Å². The number of carbonyl (C=O) groups excluding carboxylic acids is 3. The number of anilines is 2. The number of carbonyl (C=O) groups is 3. The number of nitrogens with one attached hydrogen (secondary N) is 1. The molecule has 0 spiro atoms. The van der Waals surface area contributed by atoms with Gasteiger partial charge in [-0.25, -0.2) is 9.69 Å². The van der Waals surface area contributed by atoms with E-state index in [-0.39, 0.29) is 22.0 Å². The first-order chi connectivity index (χ1) is 14.5. The van der Waals surface area contributed by atoms with E-state index < -0.39 is 17.8 Å². The highest BCUT2D eigenvalue weighted by Gasteiger charge is 2.39. The number of para-hydroxylation sites is 2. The summed E-state index contributed by atoms with van der Waals surface area (Å²) in [6.07, 6.45) is 1.66. The van der Waals surface area contributed by atoms with E-state index in [1.54, 1.807) is 42.5 Å². The number of rotatable bonds is 8. The Hall–Kier alpha value is -3.32. The number of nitrogens with zero attached hydrogens (tertiary/aromatic N) is 1. The summed E-state index contributed by atoms with van der Waals surface area (Å²) in [5.41, 5.74) is 0.892. The topological polar surface area (TPSA) is 84.9 Å². The maximum absolute atomic E-state index is 13.0. The average Bonchev–Trinajstić information content (AvgIpc) is 2.97. The van der Waals surface area contributed by atoms with Crippen LogP contribution >= 0.6 is 11.6 Å². The minimum Gasteiger partial charge on any atom is -0.495 e. The molecule has 0 unspecified atom stereocenters. The molecule has 0 radical (unpaired) electrons. The highest BCUT2D eigenvalue weighted by atomic mass is 35.5. The zero-order valence-electron chi connectivity index (χ0n) is 16.6. The molecule has 2 aromatic rings. The largest absolute Gasteiger partial charge is 0.495 e. The number of hydrogen-bond donors (Lipinski definition) is 1. The second-order valence-corrected chi connectivity index (χ2v) is 6.88. The number of esters is 1. The van der Waals surface area contributed by atoms with Crippen LogP contribution in [0.5, 0.6) is 5.75 Å². The van der Waals surface area contributed by atoms with Gasteiger partial charge in [0, 0.05) is 0 Å². The first-order valence-corrected chi connectivity index (χ1v) is 9.81. The fourth-order valence-electron chi connectivity index (χ4n) is 2.89. The van der Waals surface area contributed by atoms with Crippen LogP contribution in [0.3, 0.4) is 0 Å². The predicted octanol–water partition coefficient (Wildman–Crippen LogP) is 4.09. The molecule has 2 aromatic carbocycles.